The minimum atomic E-state index is -0.104. The zero-order valence-corrected chi connectivity index (χ0v) is 13.8. The van der Waals surface area contributed by atoms with Gasteiger partial charge in [0.1, 0.15) is 12.0 Å². The minimum absolute atomic E-state index is 0.0782. The number of H-pyrrole nitrogens is 1. The number of aryl methyl sites for hydroxylation is 1. The van der Waals surface area contributed by atoms with Crippen molar-refractivity contribution in [3.8, 4) is 0 Å². The Balaban J connectivity index is 1.50. The molecule has 1 fully saturated rings. The van der Waals surface area contributed by atoms with E-state index >= 15 is 0 Å². The Labute approximate surface area is 143 Å². The molecule has 0 unspecified atom stereocenters. The van der Waals surface area contributed by atoms with E-state index in [1.54, 1.807) is 23.2 Å². The average molecular weight is 338 g/mol. The topological polar surface area (TPSA) is 96.2 Å². The van der Waals surface area contributed by atoms with E-state index in [0.717, 1.165) is 24.2 Å². The Hall–Kier alpha value is -3.03. The van der Waals surface area contributed by atoms with Gasteiger partial charge in [0.25, 0.3) is 11.5 Å². The monoisotopic (exact) mass is 338 g/mol. The summed E-state index contributed by atoms with van der Waals surface area (Å²) in [5.74, 6) is 0.105. The highest BCUT2D eigenvalue weighted by Crippen LogP contribution is 2.27. The number of likely N-dealkylation sites (tertiary alicyclic amines) is 1. The van der Waals surface area contributed by atoms with Gasteiger partial charge in [-0.2, -0.15) is 0 Å². The summed E-state index contributed by atoms with van der Waals surface area (Å²) in [7, 11) is 0. The van der Waals surface area contributed by atoms with E-state index in [2.05, 4.69) is 20.1 Å². The van der Waals surface area contributed by atoms with E-state index in [-0.39, 0.29) is 17.4 Å². The molecule has 1 N–H and O–H groups in total. The van der Waals surface area contributed by atoms with Gasteiger partial charge in [-0.05, 0) is 25.8 Å². The Kier molecular flexibility index (Phi) is 3.79. The van der Waals surface area contributed by atoms with Crippen LogP contribution in [0.25, 0.3) is 5.65 Å². The number of aromatic nitrogens is 5. The van der Waals surface area contributed by atoms with Crippen LogP contribution in [0.15, 0.2) is 35.5 Å². The van der Waals surface area contributed by atoms with Crippen molar-refractivity contribution in [3.63, 3.8) is 0 Å². The smallest absolute Gasteiger partial charge is 0.272 e. The van der Waals surface area contributed by atoms with Crippen LogP contribution in [0.2, 0.25) is 0 Å². The van der Waals surface area contributed by atoms with Gasteiger partial charge in [0.15, 0.2) is 5.65 Å². The van der Waals surface area contributed by atoms with Crippen molar-refractivity contribution in [2.45, 2.75) is 25.7 Å². The fraction of sp³-hybridized carbons (Fsp3) is 0.353. The first-order valence-corrected chi connectivity index (χ1v) is 8.26. The fourth-order valence-electron chi connectivity index (χ4n) is 3.30. The van der Waals surface area contributed by atoms with Gasteiger partial charge < -0.3 is 4.90 Å². The predicted molar refractivity (Wildman–Crippen MR) is 90.5 cm³/mol. The summed E-state index contributed by atoms with van der Waals surface area (Å²) in [5, 5.41) is 2.97. The van der Waals surface area contributed by atoms with Crippen LogP contribution in [0, 0.1) is 6.92 Å². The summed E-state index contributed by atoms with van der Waals surface area (Å²) in [6.07, 6.45) is 4.51. The second-order valence-corrected chi connectivity index (χ2v) is 6.31. The number of amides is 1. The SMILES string of the molecule is Cc1cc2nc(C3CCN(C(=O)c4ccncn4)CC3)cc(=O)n2[nH]1. The molecule has 8 heteroatoms. The van der Waals surface area contributed by atoms with Crippen LogP contribution >= 0.6 is 0 Å². The van der Waals surface area contributed by atoms with Gasteiger partial charge in [-0.25, -0.2) is 19.5 Å². The zero-order chi connectivity index (χ0) is 17.4. The summed E-state index contributed by atoms with van der Waals surface area (Å²) >= 11 is 0. The van der Waals surface area contributed by atoms with Gasteiger partial charge in [-0.3, -0.25) is 14.7 Å². The molecule has 0 saturated carbocycles. The standard InChI is InChI=1S/C17H18N6O2/c1-11-8-15-20-14(9-16(24)23(15)21-11)12-3-6-22(7-4-12)17(25)13-2-5-18-10-19-13/h2,5,8-10,12,21H,3-4,6-7H2,1H3. The molecule has 4 rings (SSSR count). The first-order chi connectivity index (χ1) is 12.1. The minimum Gasteiger partial charge on any atom is -0.337 e. The highest BCUT2D eigenvalue weighted by Gasteiger charge is 2.26. The molecule has 1 aliphatic heterocycles. The van der Waals surface area contributed by atoms with Crippen molar-refractivity contribution >= 4 is 11.6 Å². The third-order valence-corrected chi connectivity index (χ3v) is 4.60. The van der Waals surface area contributed by atoms with Gasteiger partial charge in [0, 0.05) is 43.0 Å². The maximum absolute atomic E-state index is 12.4. The normalized spacial score (nSPS) is 15.6. The third kappa shape index (κ3) is 2.90. The molecule has 4 heterocycles. The number of hydrogen-bond acceptors (Lipinski definition) is 5. The molecule has 25 heavy (non-hydrogen) atoms. The van der Waals surface area contributed by atoms with E-state index in [4.69, 9.17) is 0 Å². The molecule has 0 aliphatic carbocycles. The summed E-state index contributed by atoms with van der Waals surface area (Å²) in [4.78, 5) is 38.9. The molecule has 1 saturated heterocycles. The van der Waals surface area contributed by atoms with Crippen LogP contribution < -0.4 is 5.56 Å². The number of piperidine rings is 1. The van der Waals surface area contributed by atoms with Crippen molar-refractivity contribution in [1.82, 2.24) is 29.5 Å². The van der Waals surface area contributed by atoms with E-state index in [1.165, 1.54) is 10.8 Å². The van der Waals surface area contributed by atoms with E-state index in [1.807, 2.05) is 13.0 Å². The number of fused-ring (bicyclic) bond motifs is 1. The van der Waals surface area contributed by atoms with Crippen molar-refractivity contribution in [2.24, 2.45) is 0 Å². The van der Waals surface area contributed by atoms with Crippen LogP contribution in [-0.4, -0.2) is 48.5 Å². The molecular weight excluding hydrogens is 320 g/mol. The average Bonchev–Trinajstić information content (AvgIpc) is 3.03. The predicted octanol–water partition coefficient (Wildman–Crippen LogP) is 1.14. The quantitative estimate of drug-likeness (QED) is 0.756. The van der Waals surface area contributed by atoms with Gasteiger partial charge in [0.05, 0.1) is 5.69 Å². The maximum Gasteiger partial charge on any atom is 0.272 e. The molecule has 0 spiro atoms. The number of rotatable bonds is 2. The second kappa shape index (κ2) is 6.12. The number of hydrogen-bond donors (Lipinski definition) is 1. The van der Waals surface area contributed by atoms with E-state index < -0.39 is 0 Å². The van der Waals surface area contributed by atoms with Gasteiger partial charge in [-0.15, -0.1) is 0 Å². The van der Waals surface area contributed by atoms with Gasteiger partial charge in [-0.1, -0.05) is 0 Å². The summed E-state index contributed by atoms with van der Waals surface area (Å²) in [5.41, 5.74) is 2.64. The molecule has 1 aliphatic rings. The Morgan fingerprint density at radius 3 is 2.80 bits per heavy atom. The Bertz CT molecular complexity index is 970. The lowest BCUT2D eigenvalue weighted by atomic mass is 9.93. The fourth-order valence-corrected chi connectivity index (χ4v) is 3.30. The molecule has 3 aromatic rings. The number of aromatic amines is 1. The summed E-state index contributed by atoms with van der Waals surface area (Å²) < 4.78 is 1.45. The van der Waals surface area contributed by atoms with Crippen LogP contribution in [0.5, 0.6) is 0 Å². The molecule has 8 nitrogen and oxygen atoms in total. The van der Waals surface area contributed by atoms with E-state index in [9.17, 15) is 9.59 Å². The molecular formula is C17H18N6O2. The lowest BCUT2D eigenvalue weighted by Crippen LogP contribution is -2.38. The van der Waals surface area contributed by atoms with Crippen molar-refractivity contribution in [3.05, 3.63) is 58.2 Å². The summed E-state index contributed by atoms with van der Waals surface area (Å²) in [6, 6.07) is 5.08. The van der Waals surface area contributed by atoms with Crippen LogP contribution in [0.1, 0.15) is 40.6 Å². The number of nitrogens with zero attached hydrogens (tertiary/aromatic N) is 5. The van der Waals surface area contributed by atoms with E-state index in [0.29, 0.717) is 24.4 Å². The first-order valence-electron chi connectivity index (χ1n) is 8.26. The van der Waals surface area contributed by atoms with Gasteiger partial charge in [0.2, 0.25) is 0 Å². The largest absolute Gasteiger partial charge is 0.337 e. The van der Waals surface area contributed by atoms with Crippen molar-refractivity contribution in [1.29, 1.82) is 0 Å². The van der Waals surface area contributed by atoms with Crippen LogP contribution in [0.3, 0.4) is 0 Å². The number of carbonyl (C=O) groups excluding carboxylic acids is 1. The van der Waals surface area contributed by atoms with Crippen molar-refractivity contribution < 1.29 is 4.79 Å². The van der Waals surface area contributed by atoms with Crippen LogP contribution in [-0.2, 0) is 0 Å². The van der Waals surface area contributed by atoms with Crippen molar-refractivity contribution in [2.75, 3.05) is 13.1 Å². The Morgan fingerprint density at radius 1 is 1.28 bits per heavy atom. The molecule has 0 atom stereocenters. The molecule has 0 bridgehead atoms. The first kappa shape index (κ1) is 15.5. The van der Waals surface area contributed by atoms with Crippen LogP contribution in [0.4, 0.5) is 0 Å². The van der Waals surface area contributed by atoms with Gasteiger partial charge >= 0.3 is 0 Å². The Morgan fingerprint density at radius 2 is 2.08 bits per heavy atom. The molecule has 0 radical (unpaired) electrons. The molecule has 0 aromatic carbocycles. The second-order valence-electron chi connectivity index (χ2n) is 6.31. The molecule has 3 aromatic heterocycles. The summed E-state index contributed by atoms with van der Waals surface area (Å²) in [6.45, 7) is 3.15. The highest BCUT2D eigenvalue weighted by molar-refractivity contribution is 5.92. The molecule has 1 amide bonds. The highest BCUT2D eigenvalue weighted by atomic mass is 16.2. The number of nitrogens with one attached hydrogen (secondary N) is 1. The zero-order valence-electron chi connectivity index (χ0n) is 13.8. The lowest BCUT2D eigenvalue weighted by Gasteiger charge is -2.31. The lowest BCUT2D eigenvalue weighted by molar-refractivity contribution is 0.0706. The number of carbonyl (C=O) groups is 1. The third-order valence-electron chi connectivity index (χ3n) is 4.60. The molecule has 128 valence electrons. The maximum atomic E-state index is 12.4.